The zero-order valence-electron chi connectivity index (χ0n) is 24.5. The maximum atomic E-state index is 14.1. The van der Waals surface area contributed by atoms with Crippen LogP contribution in [-0.2, 0) is 4.74 Å². The number of carbonyl (C=O) groups excluding carboxylic acids is 1. The van der Waals surface area contributed by atoms with Gasteiger partial charge in [-0.05, 0) is 60.7 Å². The van der Waals surface area contributed by atoms with Crippen molar-refractivity contribution >= 4 is 40.4 Å². The fraction of sp³-hybridized carbons (Fsp3) is 0.118. The number of fused-ring (bicyclic) bond motifs is 1. The van der Waals surface area contributed by atoms with Gasteiger partial charge in [0.15, 0.2) is 0 Å². The number of halogens is 2. The number of nitrogens with zero attached hydrogens (tertiary/aromatic N) is 5. The van der Waals surface area contributed by atoms with Gasteiger partial charge in [0.1, 0.15) is 23.0 Å². The normalized spacial score (nSPS) is 13.0. The summed E-state index contributed by atoms with van der Waals surface area (Å²) in [5.41, 5.74) is 5.18. The van der Waals surface area contributed by atoms with E-state index in [2.05, 4.69) is 38.0 Å². The van der Waals surface area contributed by atoms with E-state index in [1.807, 2.05) is 53.1 Å². The number of nitrogens with one attached hydrogen (secondary N) is 3. The van der Waals surface area contributed by atoms with Crippen LogP contribution in [0.5, 0.6) is 0 Å². The highest BCUT2D eigenvalue weighted by Crippen LogP contribution is 2.34. The predicted molar refractivity (Wildman–Crippen MR) is 173 cm³/mol. The molecule has 1 saturated heterocycles. The average molecular weight is 619 g/mol. The van der Waals surface area contributed by atoms with Crippen LogP contribution in [0.1, 0.15) is 0 Å². The highest BCUT2D eigenvalue weighted by molar-refractivity contribution is 6.00. The molecule has 6 aromatic rings. The summed E-state index contributed by atoms with van der Waals surface area (Å²) in [6, 6.07) is 25.2. The number of aromatic nitrogens is 4. The first-order chi connectivity index (χ1) is 22.5. The van der Waals surface area contributed by atoms with Crippen molar-refractivity contribution in [2.24, 2.45) is 0 Å². The summed E-state index contributed by atoms with van der Waals surface area (Å²) in [6.07, 6.45) is 3.59. The van der Waals surface area contributed by atoms with E-state index < -0.39 is 23.4 Å². The Balaban J connectivity index is 1.18. The largest absolute Gasteiger partial charge is 0.378 e. The number of ether oxygens (including phenoxy) is 1. The minimum Gasteiger partial charge on any atom is -0.378 e. The van der Waals surface area contributed by atoms with Gasteiger partial charge in [0.2, 0.25) is 5.95 Å². The molecule has 0 saturated carbocycles. The Morgan fingerprint density at radius 3 is 2.43 bits per heavy atom. The number of para-hydroxylation sites is 1. The third-order valence-electron chi connectivity index (χ3n) is 7.50. The number of rotatable bonds is 7. The van der Waals surface area contributed by atoms with E-state index in [0.29, 0.717) is 47.4 Å². The van der Waals surface area contributed by atoms with Crippen molar-refractivity contribution in [3.8, 4) is 22.6 Å². The van der Waals surface area contributed by atoms with Crippen LogP contribution < -0.4 is 20.9 Å². The van der Waals surface area contributed by atoms with E-state index in [-0.39, 0.29) is 0 Å². The molecule has 1 fully saturated rings. The molecule has 1 aliphatic rings. The zero-order valence-corrected chi connectivity index (χ0v) is 24.5. The second-order valence-corrected chi connectivity index (χ2v) is 10.5. The molecule has 4 heterocycles. The van der Waals surface area contributed by atoms with Crippen molar-refractivity contribution < 1.29 is 18.3 Å². The van der Waals surface area contributed by atoms with Crippen LogP contribution in [0.15, 0.2) is 103 Å². The monoisotopic (exact) mass is 618 g/mol. The summed E-state index contributed by atoms with van der Waals surface area (Å²) in [5, 5.41) is 8.22. The molecule has 0 aliphatic carbocycles. The van der Waals surface area contributed by atoms with Gasteiger partial charge in [-0.15, -0.1) is 0 Å². The molecule has 10 nitrogen and oxygen atoms in total. The second-order valence-electron chi connectivity index (χ2n) is 10.5. The molecule has 7 rings (SSSR count). The Bertz CT molecular complexity index is 2020. The Morgan fingerprint density at radius 2 is 1.59 bits per heavy atom. The summed E-state index contributed by atoms with van der Waals surface area (Å²) in [4.78, 5) is 29.1. The van der Waals surface area contributed by atoms with E-state index in [9.17, 15) is 13.6 Å². The van der Waals surface area contributed by atoms with Crippen LogP contribution in [0.4, 0.5) is 42.3 Å². The van der Waals surface area contributed by atoms with Crippen LogP contribution in [0.3, 0.4) is 0 Å². The number of amides is 2. The third kappa shape index (κ3) is 6.06. The number of pyridine rings is 1. The smallest absolute Gasteiger partial charge is 0.323 e. The van der Waals surface area contributed by atoms with Gasteiger partial charge in [-0.1, -0.05) is 30.3 Å². The van der Waals surface area contributed by atoms with E-state index in [4.69, 9.17) is 14.7 Å². The Labute approximate surface area is 262 Å². The first-order valence-electron chi connectivity index (χ1n) is 14.6. The number of benzene rings is 3. The van der Waals surface area contributed by atoms with Gasteiger partial charge >= 0.3 is 6.03 Å². The fourth-order valence-corrected chi connectivity index (χ4v) is 5.36. The lowest BCUT2D eigenvalue weighted by molar-refractivity contribution is 0.122. The maximum Gasteiger partial charge on any atom is 0.323 e. The lowest BCUT2D eigenvalue weighted by atomic mass is 10.1. The van der Waals surface area contributed by atoms with Crippen molar-refractivity contribution in [2.75, 3.05) is 47.2 Å². The minimum atomic E-state index is -0.873. The SMILES string of the molecule is O=C(Nc1cccc(-c2nc3ccccn3c2-c2ccnc(Nc3cccc(N4CCOCC4)c3)n2)c1)Nc1c(F)cccc1F. The second kappa shape index (κ2) is 12.6. The molecule has 3 aromatic heterocycles. The Hall–Kier alpha value is -5.88. The molecule has 0 atom stereocenters. The number of anilines is 5. The van der Waals surface area contributed by atoms with Crippen LogP contribution in [0, 0.1) is 11.6 Å². The van der Waals surface area contributed by atoms with Gasteiger partial charge < -0.3 is 25.6 Å². The van der Waals surface area contributed by atoms with Crippen LogP contribution in [0.25, 0.3) is 28.3 Å². The van der Waals surface area contributed by atoms with Crippen molar-refractivity contribution in [3.05, 3.63) is 115 Å². The first kappa shape index (κ1) is 28.9. The summed E-state index contributed by atoms with van der Waals surface area (Å²) < 4.78 is 35.6. The molecule has 46 heavy (non-hydrogen) atoms. The highest BCUT2D eigenvalue weighted by Gasteiger charge is 2.19. The van der Waals surface area contributed by atoms with Gasteiger partial charge in [-0.3, -0.25) is 4.40 Å². The number of carbonyl (C=O) groups is 1. The summed E-state index contributed by atoms with van der Waals surface area (Å²) >= 11 is 0. The quantitative estimate of drug-likeness (QED) is 0.178. The summed E-state index contributed by atoms with van der Waals surface area (Å²) in [6.45, 7) is 3.06. The maximum absolute atomic E-state index is 14.1. The van der Waals surface area contributed by atoms with Gasteiger partial charge in [-0.2, -0.15) is 0 Å². The van der Waals surface area contributed by atoms with Gasteiger partial charge in [0.05, 0.1) is 30.3 Å². The molecule has 1 aliphatic heterocycles. The fourth-order valence-electron chi connectivity index (χ4n) is 5.36. The molecule has 0 unspecified atom stereocenters. The van der Waals surface area contributed by atoms with Gasteiger partial charge in [0.25, 0.3) is 0 Å². The minimum absolute atomic E-state index is 0.403. The van der Waals surface area contributed by atoms with Crippen LogP contribution in [0.2, 0.25) is 0 Å². The Kier molecular flexibility index (Phi) is 7.92. The number of hydrogen-bond acceptors (Lipinski definition) is 7. The van der Waals surface area contributed by atoms with Crippen LogP contribution >= 0.6 is 0 Å². The molecule has 2 amide bonds. The van der Waals surface area contributed by atoms with E-state index in [0.717, 1.165) is 42.3 Å². The third-order valence-corrected chi connectivity index (χ3v) is 7.50. The van der Waals surface area contributed by atoms with E-state index in [1.54, 1.807) is 24.4 Å². The highest BCUT2D eigenvalue weighted by atomic mass is 19.1. The molecule has 0 spiro atoms. The van der Waals surface area contributed by atoms with Crippen LogP contribution in [-0.4, -0.2) is 51.7 Å². The molecule has 0 bridgehead atoms. The van der Waals surface area contributed by atoms with E-state index in [1.165, 1.54) is 6.07 Å². The molecule has 3 N–H and O–H groups in total. The first-order valence-corrected chi connectivity index (χ1v) is 14.6. The number of hydrogen-bond donors (Lipinski definition) is 3. The number of imidazole rings is 1. The van der Waals surface area contributed by atoms with Crippen molar-refractivity contribution in [2.45, 2.75) is 0 Å². The molecular formula is C34H28F2N8O2. The van der Waals surface area contributed by atoms with E-state index >= 15 is 0 Å². The summed E-state index contributed by atoms with van der Waals surface area (Å²) in [7, 11) is 0. The lowest BCUT2D eigenvalue weighted by Gasteiger charge is -2.29. The summed E-state index contributed by atoms with van der Waals surface area (Å²) in [5.74, 6) is -1.33. The van der Waals surface area contributed by atoms with Crippen molar-refractivity contribution in [1.82, 2.24) is 19.4 Å². The Morgan fingerprint density at radius 1 is 0.804 bits per heavy atom. The van der Waals surface area contributed by atoms with Gasteiger partial charge in [0, 0.05) is 48.1 Å². The molecule has 0 radical (unpaired) electrons. The van der Waals surface area contributed by atoms with Crippen molar-refractivity contribution in [3.63, 3.8) is 0 Å². The number of urea groups is 1. The predicted octanol–water partition coefficient (Wildman–Crippen LogP) is 6.96. The molecule has 3 aromatic carbocycles. The lowest BCUT2D eigenvalue weighted by Crippen LogP contribution is -2.36. The molecular weight excluding hydrogens is 590 g/mol. The topological polar surface area (TPSA) is 109 Å². The number of morpholine rings is 1. The van der Waals surface area contributed by atoms with Gasteiger partial charge in [-0.25, -0.2) is 28.5 Å². The standard InChI is InChI=1S/C34H28F2N8O2/c35-26-10-5-11-27(36)31(26)42-34(45)39-23-7-3-6-22(20-23)30-32(44-15-2-1-12-29(44)41-30)28-13-14-37-33(40-28)38-24-8-4-9-25(21-24)43-16-18-46-19-17-43/h1-15,20-21H,16-19H2,(H,37,38,40)(H2,39,42,45). The van der Waals surface area contributed by atoms with Crippen molar-refractivity contribution in [1.29, 1.82) is 0 Å². The molecule has 12 heteroatoms. The molecule has 230 valence electrons. The zero-order chi connectivity index (χ0) is 31.5. The average Bonchev–Trinajstić information content (AvgIpc) is 3.47.